The van der Waals surface area contributed by atoms with Crippen molar-refractivity contribution in [2.75, 3.05) is 20.8 Å². The molecule has 1 N–H and O–H groups in total. The van der Waals surface area contributed by atoms with Gasteiger partial charge >= 0.3 is 5.97 Å². The number of carbonyl (C=O) groups is 2. The minimum Gasteiger partial charge on any atom is -0.496 e. The summed E-state index contributed by atoms with van der Waals surface area (Å²) in [4.78, 5) is 22.5. The van der Waals surface area contributed by atoms with Crippen LogP contribution in [-0.4, -0.2) is 32.6 Å². The number of carbonyl (C=O) groups excluding carboxylic acids is 2. The van der Waals surface area contributed by atoms with Crippen LogP contribution in [0.4, 0.5) is 0 Å². The molecule has 92 valence electrons. The van der Waals surface area contributed by atoms with Crippen molar-refractivity contribution in [2.24, 2.45) is 0 Å². The summed E-state index contributed by atoms with van der Waals surface area (Å²) in [6.07, 6.45) is 0. The summed E-state index contributed by atoms with van der Waals surface area (Å²) in [5.41, 5.74) is 0.432. The van der Waals surface area contributed by atoms with Crippen LogP contribution in [0.25, 0.3) is 0 Å². The third-order valence-corrected chi connectivity index (χ3v) is 2.65. The van der Waals surface area contributed by atoms with Crippen LogP contribution in [0.3, 0.4) is 0 Å². The molecule has 0 aliphatic carbocycles. The molecular weight excluding hydrogens is 290 g/mol. The Balaban J connectivity index is 2.69. The molecule has 0 spiro atoms. The van der Waals surface area contributed by atoms with Crippen LogP contribution in [-0.2, 0) is 9.53 Å². The highest BCUT2D eigenvalue weighted by molar-refractivity contribution is 9.10. The maximum Gasteiger partial charge on any atom is 0.325 e. The fraction of sp³-hybridized carbons (Fsp3) is 0.273. The first-order valence-electron chi connectivity index (χ1n) is 4.77. The van der Waals surface area contributed by atoms with E-state index in [-0.39, 0.29) is 12.5 Å². The van der Waals surface area contributed by atoms with Crippen molar-refractivity contribution in [3.8, 4) is 5.75 Å². The molecule has 0 saturated carbocycles. The van der Waals surface area contributed by atoms with Crippen LogP contribution in [0.2, 0.25) is 0 Å². The van der Waals surface area contributed by atoms with Gasteiger partial charge in [0.25, 0.3) is 5.91 Å². The minimum absolute atomic E-state index is 0.154. The third kappa shape index (κ3) is 3.74. The van der Waals surface area contributed by atoms with E-state index in [2.05, 4.69) is 26.0 Å². The lowest BCUT2D eigenvalue weighted by molar-refractivity contribution is -0.139. The first-order chi connectivity index (χ1) is 8.08. The van der Waals surface area contributed by atoms with Crippen LogP contribution in [0.5, 0.6) is 5.75 Å². The molecule has 0 aliphatic heterocycles. The number of methoxy groups -OCH3 is 2. The van der Waals surface area contributed by atoms with E-state index in [0.717, 1.165) is 0 Å². The van der Waals surface area contributed by atoms with E-state index in [4.69, 9.17) is 4.74 Å². The SMILES string of the molecule is COC(=O)CNC(=O)c1ccc(OC)c(Br)c1. The van der Waals surface area contributed by atoms with Gasteiger partial charge in [0.2, 0.25) is 0 Å². The zero-order valence-electron chi connectivity index (χ0n) is 9.45. The lowest BCUT2D eigenvalue weighted by atomic mass is 10.2. The molecule has 1 amide bonds. The van der Waals surface area contributed by atoms with E-state index in [1.807, 2.05) is 0 Å². The van der Waals surface area contributed by atoms with Gasteiger partial charge in [-0.1, -0.05) is 0 Å². The maximum absolute atomic E-state index is 11.6. The van der Waals surface area contributed by atoms with Gasteiger partial charge in [-0.2, -0.15) is 0 Å². The molecule has 0 bridgehead atoms. The van der Waals surface area contributed by atoms with Gasteiger partial charge in [0, 0.05) is 5.56 Å². The van der Waals surface area contributed by atoms with Gasteiger partial charge in [-0.25, -0.2) is 0 Å². The standard InChI is InChI=1S/C11H12BrNO4/c1-16-9-4-3-7(5-8(9)12)11(15)13-6-10(14)17-2/h3-5H,6H2,1-2H3,(H,13,15). The third-order valence-electron chi connectivity index (χ3n) is 2.03. The Bertz CT molecular complexity index is 433. The molecule has 0 aliphatic rings. The Morgan fingerprint density at radius 3 is 2.59 bits per heavy atom. The van der Waals surface area contributed by atoms with Crippen molar-refractivity contribution in [2.45, 2.75) is 0 Å². The van der Waals surface area contributed by atoms with E-state index in [9.17, 15) is 9.59 Å². The van der Waals surface area contributed by atoms with E-state index in [0.29, 0.717) is 15.8 Å². The second kappa shape index (κ2) is 6.24. The average molecular weight is 302 g/mol. The van der Waals surface area contributed by atoms with Gasteiger partial charge in [-0.05, 0) is 34.1 Å². The molecular formula is C11H12BrNO4. The summed E-state index contributed by atoms with van der Waals surface area (Å²) < 4.78 is 10.1. The van der Waals surface area contributed by atoms with Crippen molar-refractivity contribution in [1.82, 2.24) is 5.32 Å². The zero-order chi connectivity index (χ0) is 12.8. The predicted octanol–water partition coefficient (Wildman–Crippen LogP) is 1.36. The van der Waals surface area contributed by atoms with Gasteiger partial charge in [-0.3, -0.25) is 9.59 Å². The summed E-state index contributed by atoms with van der Waals surface area (Å²) >= 11 is 3.27. The van der Waals surface area contributed by atoms with Crippen LogP contribution >= 0.6 is 15.9 Å². The Kier molecular flexibility index (Phi) is 4.96. The number of hydrogen-bond acceptors (Lipinski definition) is 4. The van der Waals surface area contributed by atoms with E-state index in [1.165, 1.54) is 14.2 Å². The van der Waals surface area contributed by atoms with Crippen molar-refractivity contribution in [3.63, 3.8) is 0 Å². The maximum atomic E-state index is 11.6. The van der Waals surface area contributed by atoms with Gasteiger partial charge in [0.05, 0.1) is 18.7 Å². The molecule has 0 aromatic heterocycles. The van der Waals surface area contributed by atoms with Gasteiger partial charge in [-0.15, -0.1) is 0 Å². The molecule has 0 heterocycles. The molecule has 1 aromatic carbocycles. The first kappa shape index (κ1) is 13.5. The fourth-order valence-corrected chi connectivity index (χ4v) is 1.67. The van der Waals surface area contributed by atoms with Crippen LogP contribution in [0.1, 0.15) is 10.4 Å². The fourth-order valence-electron chi connectivity index (χ4n) is 1.13. The van der Waals surface area contributed by atoms with Crippen LogP contribution in [0, 0.1) is 0 Å². The number of hydrogen-bond donors (Lipinski definition) is 1. The van der Waals surface area contributed by atoms with Crippen molar-refractivity contribution >= 4 is 27.8 Å². The molecule has 0 atom stereocenters. The molecule has 17 heavy (non-hydrogen) atoms. The molecule has 5 nitrogen and oxygen atoms in total. The highest BCUT2D eigenvalue weighted by Gasteiger charge is 2.10. The number of rotatable bonds is 4. The molecule has 1 aromatic rings. The number of benzene rings is 1. The van der Waals surface area contributed by atoms with E-state index < -0.39 is 5.97 Å². The highest BCUT2D eigenvalue weighted by atomic mass is 79.9. The Morgan fingerprint density at radius 2 is 2.06 bits per heavy atom. The minimum atomic E-state index is -0.495. The second-order valence-corrected chi connectivity index (χ2v) is 3.96. The number of esters is 1. The lowest BCUT2D eigenvalue weighted by Crippen LogP contribution is -2.30. The predicted molar refractivity (Wildman–Crippen MR) is 65.0 cm³/mol. The van der Waals surface area contributed by atoms with Crippen molar-refractivity contribution in [1.29, 1.82) is 0 Å². The summed E-state index contributed by atoms with van der Waals surface area (Å²) in [5, 5.41) is 2.44. The molecule has 0 unspecified atom stereocenters. The Hall–Kier alpha value is -1.56. The summed E-state index contributed by atoms with van der Waals surface area (Å²) in [6.45, 7) is -0.154. The van der Waals surface area contributed by atoms with Crippen LogP contribution < -0.4 is 10.1 Å². The van der Waals surface area contributed by atoms with Crippen LogP contribution in [0.15, 0.2) is 22.7 Å². The average Bonchev–Trinajstić information content (AvgIpc) is 2.35. The Labute approximate surface area is 107 Å². The van der Waals surface area contributed by atoms with Crippen molar-refractivity contribution < 1.29 is 19.1 Å². The molecule has 0 fully saturated rings. The number of halogens is 1. The van der Waals surface area contributed by atoms with Crippen molar-refractivity contribution in [3.05, 3.63) is 28.2 Å². The second-order valence-electron chi connectivity index (χ2n) is 3.11. The largest absolute Gasteiger partial charge is 0.496 e. The normalized spacial score (nSPS) is 9.59. The Morgan fingerprint density at radius 1 is 1.35 bits per heavy atom. The number of ether oxygens (including phenoxy) is 2. The number of amides is 1. The quantitative estimate of drug-likeness (QED) is 0.853. The van der Waals surface area contributed by atoms with Gasteiger partial charge in [0.1, 0.15) is 12.3 Å². The molecule has 6 heteroatoms. The summed E-state index contributed by atoms with van der Waals surface area (Å²) in [7, 11) is 2.80. The highest BCUT2D eigenvalue weighted by Crippen LogP contribution is 2.25. The summed E-state index contributed by atoms with van der Waals surface area (Å²) in [5.74, 6) is -0.209. The summed E-state index contributed by atoms with van der Waals surface area (Å²) in [6, 6.07) is 4.89. The molecule has 1 rings (SSSR count). The van der Waals surface area contributed by atoms with Gasteiger partial charge in [0.15, 0.2) is 0 Å². The zero-order valence-corrected chi connectivity index (χ0v) is 11.0. The van der Waals surface area contributed by atoms with E-state index >= 15 is 0 Å². The molecule has 0 radical (unpaired) electrons. The van der Waals surface area contributed by atoms with Gasteiger partial charge < -0.3 is 14.8 Å². The monoisotopic (exact) mass is 301 g/mol. The molecule has 0 saturated heterocycles. The smallest absolute Gasteiger partial charge is 0.325 e. The topological polar surface area (TPSA) is 64.6 Å². The first-order valence-corrected chi connectivity index (χ1v) is 5.56. The number of nitrogens with one attached hydrogen (secondary N) is 1. The van der Waals surface area contributed by atoms with E-state index in [1.54, 1.807) is 18.2 Å². The lowest BCUT2D eigenvalue weighted by Gasteiger charge is -2.06.